The maximum atomic E-state index is 14.1. The summed E-state index contributed by atoms with van der Waals surface area (Å²) in [6.45, 7) is 0. The Bertz CT molecular complexity index is 1660. The molecule has 0 saturated heterocycles. The van der Waals surface area contributed by atoms with Crippen molar-refractivity contribution in [3.63, 3.8) is 0 Å². The van der Waals surface area contributed by atoms with Gasteiger partial charge in [0.2, 0.25) is 0 Å². The van der Waals surface area contributed by atoms with E-state index in [1.165, 1.54) is 42.9 Å². The van der Waals surface area contributed by atoms with Crippen LogP contribution in [0, 0.1) is 11.3 Å². The lowest BCUT2D eigenvalue weighted by Gasteiger charge is -2.30. The third-order valence-corrected chi connectivity index (χ3v) is 6.55. The number of benzene rings is 3. The maximum absolute atomic E-state index is 14.1. The van der Waals surface area contributed by atoms with Crippen molar-refractivity contribution in [3.8, 4) is 17.2 Å². The van der Waals surface area contributed by atoms with Crippen LogP contribution in [0.4, 0.5) is 13.2 Å². The average Bonchev–Trinajstić information content (AvgIpc) is 3.33. The quantitative estimate of drug-likeness (QED) is 0.296. The number of aliphatic hydroxyl groups is 1. The Morgan fingerprint density at radius 1 is 0.973 bits per heavy atom. The maximum Gasteiger partial charge on any atom is 0.434 e. The molecule has 0 amide bonds. The molecule has 37 heavy (non-hydrogen) atoms. The summed E-state index contributed by atoms with van der Waals surface area (Å²) in [5.41, 5.74) is -2.01. The molecule has 0 bridgehead atoms. The van der Waals surface area contributed by atoms with Crippen LogP contribution < -0.4 is 0 Å². The number of pyridine rings is 1. The van der Waals surface area contributed by atoms with Crippen molar-refractivity contribution in [2.75, 3.05) is 0 Å². The van der Waals surface area contributed by atoms with Crippen LogP contribution in [0.1, 0.15) is 28.1 Å². The summed E-state index contributed by atoms with van der Waals surface area (Å²) < 4.78 is 43.9. The zero-order valence-electron chi connectivity index (χ0n) is 19.3. The van der Waals surface area contributed by atoms with Crippen molar-refractivity contribution < 1.29 is 18.3 Å². The molecule has 5 nitrogen and oxygen atoms in total. The average molecular weight is 519 g/mol. The first kappa shape index (κ1) is 24.5. The summed E-state index contributed by atoms with van der Waals surface area (Å²) in [6.07, 6.45) is -1.75. The molecule has 1 N–H and O–H groups in total. The van der Waals surface area contributed by atoms with Crippen molar-refractivity contribution >= 4 is 22.5 Å². The van der Waals surface area contributed by atoms with E-state index in [4.69, 9.17) is 11.6 Å². The monoisotopic (exact) mass is 518 g/mol. The van der Waals surface area contributed by atoms with Gasteiger partial charge in [0, 0.05) is 23.0 Å². The van der Waals surface area contributed by atoms with Gasteiger partial charge in [0.25, 0.3) is 0 Å². The SMILES string of the molecule is Cn1cncc1C(O)(c1ccc(Cl)cc1)c1ccc2nc(C(F)(F)F)c(-c3ccccc3)c(C#N)c2c1. The predicted molar refractivity (Wildman–Crippen MR) is 134 cm³/mol. The Kier molecular flexibility index (Phi) is 5.98. The zero-order chi connectivity index (χ0) is 26.4. The second-order valence-electron chi connectivity index (χ2n) is 8.53. The molecule has 0 saturated carbocycles. The molecule has 0 aliphatic rings. The normalized spacial score (nSPS) is 13.3. The van der Waals surface area contributed by atoms with Gasteiger partial charge in [0.1, 0.15) is 6.07 Å². The van der Waals surface area contributed by atoms with Crippen LogP contribution in [0.15, 0.2) is 85.3 Å². The number of fused-ring (bicyclic) bond motifs is 1. The third-order valence-electron chi connectivity index (χ3n) is 6.29. The van der Waals surface area contributed by atoms with Gasteiger partial charge in [-0.05, 0) is 41.0 Å². The Morgan fingerprint density at radius 3 is 2.24 bits per heavy atom. The van der Waals surface area contributed by atoms with Crippen LogP contribution >= 0.6 is 11.6 Å². The Balaban J connectivity index is 1.85. The van der Waals surface area contributed by atoms with Crippen LogP contribution in [-0.2, 0) is 18.8 Å². The number of halogens is 4. The lowest BCUT2D eigenvalue weighted by Crippen LogP contribution is -2.31. The molecule has 0 aliphatic carbocycles. The van der Waals surface area contributed by atoms with Crippen molar-refractivity contribution in [3.05, 3.63) is 118 Å². The van der Waals surface area contributed by atoms with E-state index in [0.29, 0.717) is 21.8 Å². The lowest BCUT2D eigenvalue weighted by atomic mass is 9.82. The number of nitrogens with zero attached hydrogens (tertiary/aromatic N) is 4. The van der Waals surface area contributed by atoms with E-state index in [2.05, 4.69) is 9.97 Å². The smallest absolute Gasteiger partial charge is 0.374 e. The number of rotatable bonds is 4. The van der Waals surface area contributed by atoms with Gasteiger partial charge in [-0.3, -0.25) is 0 Å². The largest absolute Gasteiger partial charge is 0.434 e. The van der Waals surface area contributed by atoms with E-state index in [-0.39, 0.29) is 27.6 Å². The first-order valence-electron chi connectivity index (χ1n) is 11.1. The fraction of sp³-hybridized carbons (Fsp3) is 0.107. The molecule has 1 atom stereocenters. The third kappa shape index (κ3) is 4.12. The van der Waals surface area contributed by atoms with E-state index in [1.807, 2.05) is 6.07 Å². The predicted octanol–water partition coefficient (Wildman–Crippen LogP) is 6.46. The number of hydrogen-bond donors (Lipinski definition) is 1. The van der Waals surface area contributed by atoms with Gasteiger partial charge in [0.15, 0.2) is 11.3 Å². The summed E-state index contributed by atoms with van der Waals surface area (Å²) in [4.78, 5) is 8.06. The molecular formula is C28H18ClF3N4O. The highest BCUT2D eigenvalue weighted by atomic mass is 35.5. The van der Waals surface area contributed by atoms with Crippen molar-refractivity contribution in [1.29, 1.82) is 5.26 Å². The molecule has 0 spiro atoms. The van der Waals surface area contributed by atoms with Crippen LogP contribution in [0.5, 0.6) is 0 Å². The minimum absolute atomic E-state index is 0.0178. The van der Waals surface area contributed by atoms with Crippen LogP contribution in [-0.4, -0.2) is 19.6 Å². The lowest BCUT2D eigenvalue weighted by molar-refractivity contribution is -0.140. The number of aryl methyl sites for hydroxylation is 1. The summed E-state index contributed by atoms with van der Waals surface area (Å²) in [5, 5.41) is 22.9. The summed E-state index contributed by atoms with van der Waals surface area (Å²) in [5.74, 6) is 0. The van der Waals surface area contributed by atoms with Gasteiger partial charge in [-0.15, -0.1) is 0 Å². The van der Waals surface area contributed by atoms with E-state index in [0.717, 1.165) is 0 Å². The van der Waals surface area contributed by atoms with Crippen LogP contribution in [0.3, 0.4) is 0 Å². The molecule has 0 aliphatic heterocycles. The van der Waals surface area contributed by atoms with Crippen molar-refractivity contribution in [1.82, 2.24) is 14.5 Å². The Morgan fingerprint density at radius 2 is 1.65 bits per heavy atom. The molecule has 3 aromatic carbocycles. The highest BCUT2D eigenvalue weighted by molar-refractivity contribution is 6.30. The minimum atomic E-state index is -4.79. The summed E-state index contributed by atoms with van der Waals surface area (Å²) in [6, 6.07) is 20.8. The molecule has 0 radical (unpaired) electrons. The molecule has 0 fully saturated rings. The van der Waals surface area contributed by atoms with Gasteiger partial charge in [-0.1, -0.05) is 60.1 Å². The highest BCUT2D eigenvalue weighted by Crippen LogP contribution is 2.43. The molecule has 9 heteroatoms. The second-order valence-corrected chi connectivity index (χ2v) is 8.96. The second kappa shape index (κ2) is 9.04. The van der Waals surface area contributed by atoms with Crippen molar-refractivity contribution in [2.45, 2.75) is 11.8 Å². The first-order valence-corrected chi connectivity index (χ1v) is 11.5. The summed E-state index contributed by atoms with van der Waals surface area (Å²) >= 11 is 6.07. The fourth-order valence-electron chi connectivity index (χ4n) is 4.55. The van der Waals surface area contributed by atoms with Gasteiger partial charge >= 0.3 is 6.18 Å². The van der Waals surface area contributed by atoms with E-state index >= 15 is 0 Å². The van der Waals surface area contributed by atoms with Gasteiger partial charge in [-0.2, -0.15) is 18.4 Å². The minimum Gasteiger partial charge on any atom is -0.374 e. The number of alkyl halides is 3. The van der Waals surface area contributed by atoms with E-state index in [1.54, 1.807) is 54.1 Å². The molecule has 184 valence electrons. The highest BCUT2D eigenvalue weighted by Gasteiger charge is 2.40. The number of nitriles is 1. The Labute approximate surface area is 215 Å². The first-order chi connectivity index (χ1) is 17.6. The van der Waals surface area contributed by atoms with Gasteiger partial charge in [0.05, 0.1) is 29.3 Å². The molecule has 2 aromatic heterocycles. The van der Waals surface area contributed by atoms with E-state index < -0.39 is 17.5 Å². The molecular weight excluding hydrogens is 501 g/mol. The van der Waals surface area contributed by atoms with Crippen LogP contribution in [0.2, 0.25) is 5.02 Å². The summed E-state index contributed by atoms with van der Waals surface area (Å²) in [7, 11) is 1.72. The van der Waals surface area contributed by atoms with Gasteiger partial charge in [-0.25, -0.2) is 9.97 Å². The standard InChI is InChI=1S/C28H18ClF3N4O/c1-36-16-34-15-24(36)27(37,18-7-10-20(29)11-8-18)19-9-12-23-21(13-19)22(14-33)25(17-5-3-2-4-6-17)26(35-23)28(30,31)32/h2-13,15-16,37H,1H3. The van der Waals surface area contributed by atoms with Gasteiger partial charge < -0.3 is 9.67 Å². The van der Waals surface area contributed by atoms with Crippen LogP contribution in [0.25, 0.3) is 22.0 Å². The molecule has 1 unspecified atom stereocenters. The molecule has 2 heterocycles. The Hall–Kier alpha value is -4.19. The topological polar surface area (TPSA) is 74.7 Å². The molecule has 5 aromatic rings. The van der Waals surface area contributed by atoms with E-state index in [9.17, 15) is 23.5 Å². The number of hydrogen-bond acceptors (Lipinski definition) is 4. The zero-order valence-corrected chi connectivity index (χ0v) is 20.1. The van der Waals surface area contributed by atoms with Crippen molar-refractivity contribution in [2.24, 2.45) is 7.05 Å². The fourth-order valence-corrected chi connectivity index (χ4v) is 4.68. The number of aromatic nitrogens is 3. The molecule has 5 rings (SSSR count). The number of imidazole rings is 1.